The Kier molecular flexibility index (Phi) is 5.74. The summed E-state index contributed by atoms with van der Waals surface area (Å²) in [5.74, 6) is 0. The van der Waals surface area contributed by atoms with Gasteiger partial charge in [-0.1, -0.05) is 29.8 Å². The molecule has 0 aromatic carbocycles. The number of hydrogen-bond donors (Lipinski definition) is 0. The fourth-order valence-corrected chi connectivity index (χ4v) is 1.63. The van der Waals surface area contributed by atoms with Gasteiger partial charge in [-0.05, 0) is 37.1 Å². The molecule has 0 saturated heterocycles. The quantitative estimate of drug-likeness (QED) is 0.577. The van der Waals surface area contributed by atoms with Gasteiger partial charge in [0.15, 0.2) is 0 Å². The van der Waals surface area contributed by atoms with Gasteiger partial charge < -0.3 is 0 Å². The summed E-state index contributed by atoms with van der Waals surface area (Å²) >= 11 is 5.69. The maximum Gasteiger partial charge on any atom is 0.416 e. The summed E-state index contributed by atoms with van der Waals surface area (Å²) in [6, 6.07) is 3.25. The molecule has 1 heterocycles. The first-order valence-corrected chi connectivity index (χ1v) is 6.32. The minimum atomic E-state index is -4.46. The molecular formula is C15H12ClF3N2. The lowest BCUT2D eigenvalue weighted by Crippen LogP contribution is -2.10. The van der Waals surface area contributed by atoms with Gasteiger partial charge in [-0.3, -0.25) is 0 Å². The largest absolute Gasteiger partial charge is 0.416 e. The summed E-state index contributed by atoms with van der Waals surface area (Å²) in [6.45, 7) is 3.14. The molecule has 0 atom stereocenters. The molecule has 0 saturated carbocycles. The second kappa shape index (κ2) is 7.09. The van der Waals surface area contributed by atoms with Crippen molar-refractivity contribution in [1.82, 2.24) is 4.98 Å². The molecule has 0 amide bonds. The first-order chi connectivity index (χ1) is 9.79. The van der Waals surface area contributed by atoms with Crippen molar-refractivity contribution in [2.45, 2.75) is 20.0 Å². The Morgan fingerprint density at radius 3 is 2.62 bits per heavy atom. The van der Waals surface area contributed by atoms with E-state index in [2.05, 4.69) is 4.98 Å². The molecule has 0 unspecified atom stereocenters. The molecule has 0 fully saturated rings. The van der Waals surface area contributed by atoms with Gasteiger partial charge in [-0.2, -0.15) is 18.4 Å². The Bertz CT molecular complexity index is 650. The van der Waals surface area contributed by atoms with Crippen molar-refractivity contribution in [1.29, 1.82) is 5.26 Å². The van der Waals surface area contributed by atoms with E-state index in [4.69, 9.17) is 16.9 Å². The molecule has 6 heteroatoms. The SMILES string of the molecule is C\C=C/C=C(\C=C(/C)c1cnc(Cl)c(C#N)c1)C(F)(F)F. The maximum absolute atomic E-state index is 12.9. The van der Waals surface area contributed by atoms with E-state index in [1.54, 1.807) is 6.92 Å². The zero-order valence-corrected chi connectivity index (χ0v) is 12.1. The van der Waals surface area contributed by atoms with Gasteiger partial charge in [-0.15, -0.1) is 0 Å². The molecule has 1 aromatic rings. The molecule has 0 spiro atoms. The number of allylic oxidation sites excluding steroid dienone is 6. The van der Waals surface area contributed by atoms with E-state index in [0.717, 1.165) is 12.2 Å². The molecule has 2 nitrogen and oxygen atoms in total. The van der Waals surface area contributed by atoms with Gasteiger partial charge in [0.1, 0.15) is 11.2 Å². The van der Waals surface area contributed by atoms with Crippen LogP contribution in [0.5, 0.6) is 0 Å². The molecule has 1 aromatic heterocycles. The third-order valence-corrected chi connectivity index (χ3v) is 2.88. The minimum Gasteiger partial charge on any atom is -0.243 e. The van der Waals surface area contributed by atoms with Crippen LogP contribution in [0.1, 0.15) is 25.0 Å². The van der Waals surface area contributed by atoms with Crippen LogP contribution in [0.3, 0.4) is 0 Å². The summed E-state index contributed by atoms with van der Waals surface area (Å²) < 4.78 is 38.7. The van der Waals surface area contributed by atoms with Gasteiger partial charge in [0.2, 0.25) is 0 Å². The molecule has 0 aliphatic carbocycles. The number of pyridine rings is 1. The average Bonchev–Trinajstić information content (AvgIpc) is 2.42. The Hall–Kier alpha value is -2.06. The van der Waals surface area contributed by atoms with E-state index < -0.39 is 11.7 Å². The number of nitrogens with zero attached hydrogens (tertiary/aromatic N) is 2. The van der Waals surface area contributed by atoms with Gasteiger partial charge in [0.25, 0.3) is 0 Å². The first-order valence-electron chi connectivity index (χ1n) is 5.94. The van der Waals surface area contributed by atoms with Crippen LogP contribution in [-0.4, -0.2) is 11.2 Å². The third kappa shape index (κ3) is 4.76. The molecule has 0 bridgehead atoms. The van der Waals surface area contributed by atoms with E-state index in [1.165, 1.54) is 31.3 Å². The number of nitriles is 1. The van der Waals surface area contributed by atoms with Gasteiger partial charge >= 0.3 is 6.18 Å². The van der Waals surface area contributed by atoms with Crippen LogP contribution in [0.4, 0.5) is 13.2 Å². The lowest BCUT2D eigenvalue weighted by atomic mass is 10.0. The Labute approximate surface area is 125 Å². The smallest absolute Gasteiger partial charge is 0.243 e. The van der Waals surface area contributed by atoms with Crippen molar-refractivity contribution < 1.29 is 13.2 Å². The number of aromatic nitrogens is 1. The Morgan fingerprint density at radius 2 is 2.10 bits per heavy atom. The summed E-state index contributed by atoms with van der Waals surface area (Å²) in [5.41, 5.74) is 0.0785. The average molecular weight is 313 g/mol. The zero-order chi connectivity index (χ0) is 16.0. The van der Waals surface area contributed by atoms with Crippen LogP contribution in [0.2, 0.25) is 5.15 Å². The molecular weight excluding hydrogens is 301 g/mol. The second-order valence-corrected chi connectivity index (χ2v) is 4.51. The fourth-order valence-electron chi connectivity index (χ4n) is 1.48. The minimum absolute atomic E-state index is 0.0227. The molecule has 110 valence electrons. The highest BCUT2D eigenvalue weighted by atomic mass is 35.5. The molecule has 21 heavy (non-hydrogen) atoms. The molecule has 0 radical (unpaired) electrons. The van der Waals surface area contributed by atoms with Crippen LogP contribution in [0.15, 0.2) is 42.1 Å². The fraction of sp³-hybridized carbons (Fsp3) is 0.200. The van der Waals surface area contributed by atoms with Crippen molar-refractivity contribution in [3.63, 3.8) is 0 Å². The van der Waals surface area contributed by atoms with Gasteiger partial charge in [0, 0.05) is 6.20 Å². The highest BCUT2D eigenvalue weighted by Gasteiger charge is 2.31. The lowest BCUT2D eigenvalue weighted by Gasteiger charge is -2.09. The summed E-state index contributed by atoms with van der Waals surface area (Å²) in [6.07, 6.45) is 1.68. The summed E-state index contributed by atoms with van der Waals surface area (Å²) in [5, 5.41) is 8.88. The van der Waals surface area contributed by atoms with Gasteiger partial charge in [-0.25, -0.2) is 4.98 Å². The molecule has 1 rings (SSSR count). The normalized spacial score (nSPS) is 13.6. The van der Waals surface area contributed by atoms with Crippen molar-refractivity contribution >= 4 is 17.2 Å². The first kappa shape index (κ1) is 17.0. The maximum atomic E-state index is 12.9. The number of rotatable bonds is 3. The number of hydrogen-bond acceptors (Lipinski definition) is 2. The molecule has 0 aliphatic heterocycles. The molecule has 0 aliphatic rings. The highest BCUT2D eigenvalue weighted by molar-refractivity contribution is 6.30. The van der Waals surface area contributed by atoms with E-state index in [1.807, 2.05) is 6.07 Å². The number of alkyl halides is 3. The zero-order valence-electron chi connectivity index (χ0n) is 11.4. The van der Waals surface area contributed by atoms with E-state index in [-0.39, 0.29) is 10.7 Å². The van der Waals surface area contributed by atoms with E-state index in [9.17, 15) is 13.2 Å². The van der Waals surface area contributed by atoms with Crippen LogP contribution in [-0.2, 0) is 0 Å². The monoisotopic (exact) mass is 312 g/mol. The van der Waals surface area contributed by atoms with Crippen LogP contribution in [0, 0.1) is 11.3 Å². The summed E-state index contributed by atoms with van der Waals surface area (Å²) in [4.78, 5) is 3.79. The van der Waals surface area contributed by atoms with Crippen LogP contribution < -0.4 is 0 Å². The lowest BCUT2D eigenvalue weighted by molar-refractivity contribution is -0.0881. The van der Waals surface area contributed by atoms with Crippen molar-refractivity contribution in [2.24, 2.45) is 0 Å². The van der Waals surface area contributed by atoms with Crippen LogP contribution in [0.25, 0.3) is 5.57 Å². The predicted octanol–water partition coefficient (Wildman–Crippen LogP) is 5.07. The second-order valence-electron chi connectivity index (χ2n) is 4.15. The standard InChI is InChI=1S/C15H12ClF3N2/c1-3-4-5-13(15(17,18)19)6-10(2)12-7-11(8-20)14(16)21-9-12/h3-7,9H,1-2H3/b4-3-,10-6+,13-5+. The number of halogens is 4. The Balaban J connectivity index is 3.27. The predicted molar refractivity (Wildman–Crippen MR) is 76.6 cm³/mol. The van der Waals surface area contributed by atoms with Crippen molar-refractivity contribution in [3.05, 3.63) is 58.4 Å². The molecule has 0 N–H and O–H groups in total. The summed E-state index contributed by atoms with van der Waals surface area (Å²) in [7, 11) is 0. The highest BCUT2D eigenvalue weighted by Crippen LogP contribution is 2.30. The van der Waals surface area contributed by atoms with Crippen molar-refractivity contribution in [2.75, 3.05) is 0 Å². The Morgan fingerprint density at radius 1 is 1.43 bits per heavy atom. The van der Waals surface area contributed by atoms with E-state index in [0.29, 0.717) is 11.1 Å². The van der Waals surface area contributed by atoms with Gasteiger partial charge in [0.05, 0.1) is 11.1 Å². The topological polar surface area (TPSA) is 36.7 Å². The van der Waals surface area contributed by atoms with E-state index >= 15 is 0 Å². The van der Waals surface area contributed by atoms with Crippen LogP contribution >= 0.6 is 11.6 Å². The van der Waals surface area contributed by atoms with Crippen molar-refractivity contribution in [3.8, 4) is 6.07 Å². The third-order valence-electron chi connectivity index (χ3n) is 2.58.